The molecular weight excluding hydrogens is 422 g/mol. The quantitative estimate of drug-likeness (QED) is 0.233. The van der Waals surface area contributed by atoms with E-state index in [1.807, 2.05) is 0 Å². The number of benzene rings is 2. The molecule has 0 aliphatic rings. The lowest BCUT2D eigenvalue weighted by Crippen LogP contribution is -2.51. The van der Waals surface area contributed by atoms with Crippen LogP contribution in [0.25, 0.3) is 0 Å². The molecule has 0 spiro atoms. The number of amides is 2. The normalized spacial score (nSPS) is 12.8. The topological polar surface area (TPSA) is 145 Å². The van der Waals surface area contributed by atoms with E-state index in [0.717, 1.165) is 11.8 Å². The largest absolute Gasteiger partial charge is 0.391 e. The van der Waals surface area contributed by atoms with Crippen molar-refractivity contribution in [1.29, 1.82) is 0 Å². The number of rotatable bonds is 7. The van der Waals surface area contributed by atoms with E-state index >= 15 is 0 Å². The van der Waals surface area contributed by atoms with Crippen LogP contribution in [0.4, 0.5) is 0 Å². The molecule has 2 amide bonds. The summed E-state index contributed by atoms with van der Waals surface area (Å²) in [7, 11) is -3.29. The van der Waals surface area contributed by atoms with Crippen LogP contribution in [0, 0.1) is 11.8 Å². The van der Waals surface area contributed by atoms with Gasteiger partial charge in [0, 0.05) is 23.2 Å². The summed E-state index contributed by atoms with van der Waals surface area (Å²) in [4.78, 5) is 23.8. The van der Waals surface area contributed by atoms with Gasteiger partial charge in [-0.25, -0.2) is 18.6 Å². The van der Waals surface area contributed by atoms with Gasteiger partial charge in [-0.1, -0.05) is 24.0 Å². The van der Waals surface area contributed by atoms with Crippen molar-refractivity contribution in [1.82, 2.24) is 15.5 Å². The Morgan fingerprint density at radius 3 is 2.29 bits per heavy atom. The van der Waals surface area contributed by atoms with Crippen LogP contribution in [0.3, 0.4) is 0 Å². The number of aliphatic hydroxyl groups excluding tert-OH is 1. The molecule has 5 N–H and O–H groups in total. The Balaban J connectivity index is 2.07. The summed E-state index contributed by atoms with van der Waals surface area (Å²) in [5.41, 5.74) is 3.75. The standard InChI is InChI=1S/C21H23N3O6S/c1-14(25)19(21(27)24-28)23-20(26)18-10-8-15(9-11-18)6-7-16-4-3-5-17(12-16)13-22-31(2,29)30/h3-5,8-12,14,19,22,25,28H,13H2,1-2H3,(H,23,26)(H,24,27)/t14-,19-/m1/s1. The van der Waals surface area contributed by atoms with E-state index in [2.05, 4.69) is 21.9 Å². The van der Waals surface area contributed by atoms with E-state index in [1.54, 1.807) is 36.4 Å². The van der Waals surface area contributed by atoms with Gasteiger partial charge in [0.05, 0.1) is 12.4 Å². The fraction of sp³-hybridized carbons (Fsp3) is 0.238. The Morgan fingerprint density at radius 2 is 1.71 bits per heavy atom. The van der Waals surface area contributed by atoms with Gasteiger partial charge in [0.2, 0.25) is 10.0 Å². The van der Waals surface area contributed by atoms with Crippen LogP contribution in [0.5, 0.6) is 0 Å². The fourth-order valence-electron chi connectivity index (χ4n) is 2.52. The maximum atomic E-state index is 12.3. The molecular formula is C21H23N3O6S. The number of carbonyl (C=O) groups is 2. The second-order valence-corrected chi connectivity index (χ2v) is 8.62. The zero-order valence-electron chi connectivity index (χ0n) is 16.9. The Morgan fingerprint density at radius 1 is 1.06 bits per heavy atom. The lowest BCUT2D eigenvalue weighted by atomic mass is 10.1. The fourth-order valence-corrected chi connectivity index (χ4v) is 2.95. The second-order valence-electron chi connectivity index (χ2n) is 6.79. The third-order valence-corrected chi connectivity index (χ3v) is 4.79. The number of aliphatic hydroxyl groups is 1. The number of sulfonamides is 1. The molecule has 0 aromatic heterocycles. The number of nitrogens with one attached hydrogen (secondary N) is 3. The highest BCUT2D eigenvalue weighted by molar-refractivity contribution is 7.88. The van der Waals surface area contributed by atoms with Gasteiger partial charge in [-0.2, -0.15) is 0 Å². The Labute approximate surface area is 180 Å². The van der Waals surface area contributed by atoms with Crippen LogP contribution in [0.2, 0.25) is 0 Å². The lowest BCUT2D eigenvalue weighted by Gasteiger charge is -2.19. The molecule has 164 valence electrons. The number of hydrogen-bond donors (Lipinski definition) is 5. The summed E-state index contributed by atoms with van der Waals surface area (Å²) in [6.45, 7) is 1.48. The molecule has 0 heterocycles. The van der Waals surface area contributed by atoms with Gasteiger partial charge in [0.25, 0.3) is 11.8 Å². The Hall–Kier alpha value is -3.23. The summed E-state index contributed by atoms with van der Waals surface area (Å²) in [5, 5.41) is 20.6. The molecule has 9 nitrogen and oxygen atoms in total. The van der Waals surface area contributed by atoms with Crippen LogP contribution in [-0.4, -0.2) is 48.9 Å². The molecule has 31 heavy (non-hydrogen) atoms. The van der Waals surface area contributed by atoms with E-state index in [-0.39, 0.29) is 12.1 Å². The van der Waals surface area contributed by atoms with E-state index in [0.29, 0.717) is 11.1 Å². The molecule has 2 aromatic rings. The van der Waals surface area contributed by atoms with E-state index < -0.39 is 34.0 Å². The minimum Gasteiger partial charge on any atom is -0.391 e. The zero-order chi connectivity index (χ0) is 23.0. The van der Waals surface area contributed by atoms with Gasteiger partial charge in [0.1, 0.15) is 6.04 Å². The second kappa shape index (κ2) is 10.7. The van der Waals surface area contributed by atoms with E-state index in [9.17, 15) is 23.1 Å². The van der Waals surface area contributed by atoms with E-state index in [1.165, 1.54) is 24.5 Å². The third kappa shape index (κ3) is 7.84. The van der Waals surface area contributed by atoms with Crippen LogP contribution in [-0.2, 0) is 21.4 Å². The predicted octanol–water partition coefficient (Wildman–Crippen LogP) is 0.120. The summed E-state index contributed by atoms with van der Waals surface area (Å²) in [6, 6.07) is 12.1. The maximum Gasteiger partial charge on any atom is 0.268 e. The minimum atomic E-state index is -3.29. The van der Waals surface area contributed by atoms with Crippen LogP contribution in [0.1, 0.15) is 34.0 Å². The average Bonchev–Trinajstić information content (AvgIpc) is 2.74. The van der Waals surface area contributed by atoms with Gasteiger partial charge in [-0.05, 0) is 48.9 Å². The maximum absolute atomic E-state index is 12.3. The minimum absolute atomic E-state index is 0.167. The molecule has 0 fully saturated rings. The summed E-state index contributed by atoms with van der Waals surface area (Å²) >= 11 is 0. The van der Waals surface area contributed by atoms with Gasteiger partial charge in [-0.3, -0.25) is 14.8 Å². The van der Waals surface area contributed by atoms with Gasteiger partial charge in [0.15, 0.2) is 0 Å². The molecule has 0 aliphatic carbocycles. The molecule has 0 saturated heterocycles. The highest BCUT2D eigenvalue weighted by Gasteiger charge is 2.25. The van der Waals surface area contributed by atoms with Crippen molar-refractivity contribution >= 4 is 21.8 Å². The van der Waals surface area contributed by atoms with Crippen molar-refractivity contribution in [2.24, 2.45) is 0 Å². The average molecular weight is 445 g/mol. The first-order chi connectivity index (χ1) is 14.6. The van der Waals surface area contributed by atoms with Gasteiger partial charge >= 0.3 is 0 Å². The molecule has 2 rings (SSSR count). The van der Waals surface area contributed by atoms with Gasteiger partial charge in [-0.15, -0.1) is 0 Å². The van der Waals surface area contributed by atoms with Gasteiger partial charge < -0.3 is 10.4 Å². The number of hydroxylamine groups is 1. The van der Waals surface area contributed by atoms with Crippen molar-refractivity contribution in [2.75, 3.05) is 6.26 Å². The SMILES string of the molecule is C[C@@H](O)[C@@H](NC(=O)c1ccc(C#Cc2cccc(CNS(C)(=O)=O)c2)cc1)C(=O)NO. The monoisotopic (exact) mass is 445 g/mol. The molecule has 2 aromatic carbocycles. The van der Waals surface area contributed by atoms with Crippen molar-refractivity contribution in [2.45, 2.75) is 25.6 Å². The first kappa shape index (κ1) is 24.0. The van der Waals surface area contributed by atoms with Crippen molar-refractivity contribution in [3.8, 4) is 11.8 Å². The zero-order valence-corrected chi connectivity index (χ0v) is 17.7. The number of hydrogen-bond acceptors (Lipinski definition) is 6. The molecule has 0 saturated carbocycles. The smallest absolute Gasteiger partial charge is 0.268 e. The summed E-state index contributed by atoms with van der Waals surface area (Å²) < 4.78 is 24.8. The molecule has 0 aliphatic heterocycles. The van der Waals surface area contributed by atoms with Crippen LogP contribution >= 0.6 is 0 Å². The highest BCUT2D eigenvalue weighted by atomic mass is 32.2. The summed E-state index contributed by atoms with van der Waals surface area (Å²) in [5.74, 6) is 4.40. The Bertz CT molecular complexity index is 1100. The molecule has 2 atom stereocenters. The molecule has 10 heteroatoms. The molecule has 0 radical (unpaired) electrons. The van der Waals surface area contributed by atoms with Crippen LogP contribution < -0.4 is 15.5 Å². The first-order valence-corrected chi connectivity index (χ1v) is 11.1. The van der Waals surface area contributed by atoms with Crippen molar-refractivity contribution in [3.63, 3.8) is 0 Å². The summed E-state index contributed by atoms with van der Waals surface area (Å²) in [6.07, 6.45) is -0.114. The molecule has 0 unspecified atom stereocenters. The Kier molecular flexibility index (Phi) is 8.30. The van der Waals surface area contributed by atoms with Crippen LogP contribution in [0.15, 0.2) is 48.5 Å². The first-order valence-electron chi connectivity index (χ1n) is 9.17. The van der Waals surface area contributed by atoms with Crippen molar-refractivity contribution < 1.29 is 28.3 Å². The predicted molar refractivity (Wildman–Crippen MR) is 113 cm³/mol. The highest BCUT2D eigenvalue weighted by Crippen LogP contribution is 2.07. The molecule has 0 bridgehead atoms. The number of carbonyl (C=O) groups excluding carboxylic acids is 2. The van der Waals surface area contributed by atoms with Crippen molar-refractivity contribution in [3.05, 3.63) is 70.8 Å². The third-order valence-electron chi connectivity index (χ3n) is 4.13. The lowest BCUT2D eigenvalue weighted by molar-refractivity contribution is -0.133. The van der Waals surface area contributed by atoms with E-state index in [4.69, 9.17) is 5.21 Å².